The average Bonchev–Trinajstić information content (AvgIpc) is 2.37. The molecule has 1 aromatic rings. The van der Waals surface area contributed by atoms with Crippen LogP contribution in [0.25, 0.3) is 0 Å². The van der Waals surface area contributed by atoms with Crippen LogP contribution >= 0.6 is 12.2 Å². The summed E-state index contributed by atoms with van der Waals surface area (Å²) in [6.07, 6.45) is 0. The Kier molecular flexibility index (Phi) is 6.09. The van der Waals surface area contributed by atoms with Crippen molar-refractivity contribution in [2.75, 3.05) is 34.2 Å². The van der Waals surface area contributed by atoms with E-state index in [2.05, 4.69) is 60.4 Å². The number of benzene rings is 1. The number of nitrogens with one attached hydrogen (secondary N) is 1. The fraction of sp³-hybridized carbons (Fsp3) is 0.500. The Balaban J connectivity index is 2.48. The van der Waals surface area contributed by atoms with Crippen LogP contribution in [0.1, 0.15) is 18.5 Å². The Bertz CT molecular complexity index is 365. The Morgan fingerprint density at radius 2 is 1.83 bits per heavy atom. The molecule has 0 heterocycles. The monoisotopic (exact) mass is 265 g/mol. The number of rotatable bonds is 5. The number of thiocarbonyl (C=S) groups is 1. The maximum absolute atomic E-state index is 5.40. The zero-order valence-corrected chi connectivity index (χ0v) is 12.5. The first-order chi connectivity index (χ1) is 8.52. The zero-order chi connectivity index (χ0) is 13.5. The Morgan fingerprint density at radius 1 is 1.22 bits per heavy atom. The molecule has 3 nitrogen and oxygen atoms in total. The van der Waals surface area contributed by atoms with Crippen LogP contribution in [0.2, 0.25) is 0 Å². The molecule has 1 atom stereocenters. The van der Waals surface area contributed by atoms with Gasteiger partial charge in [0.05, 0.1) is 6.04 Å². The molecule has 0 saturated heterocycles. The fourth-order valence-electron chi connectivity index (χ4n) is 1.64. The lowest BCUT2D eigenvalue weighted by molar-refractivity contribution is 0.381. The molecule has 0 aromatic heterocycles. The maximum Gasteiger partial charge on any atom is 0.169 e. The lowest BCUT2D eigenvalue weighted by atomic mass is 10.1. The fourth-order valence-corrected chi connectivity index (χ4v) is 1.90. The van der Waals surface area contributed by atoms with Gasteiger partial charge in [0.15, 0.2) is 5.11 Å². The summed E-state index contributed by atoms with van der Waals surface area (Å²) in [5, 5.41) is 4.08. The average molecular weight is 265 g/mol. The highest BCUT2D eigenvalue weighted by atomic mass is 32.1. The first kappa shape index (κ1) is 14.9. The van der Waals surface area contributed by atoms with Gasteiger partial charge < -0.3 is 15.1 Å². The Labute approximate surface area is 116 Å². The van der Waals surface area contributed by atoms with Crippen LogP contribution in [0.5, 0.6) is 0 Å². The van der Waals surface area contributed by atoms with Crippen LogP contribution in [-0.4, -0.2) is 49.1 Å². The summed E-state index contributed by atoms with van der Waals surface area (Å²) in [6.45, 7) is 4.01. The van der Waals surface area contributed by atoms with E-state index in [1.165, 1.54) is 5.56 Å². The molecule has 1 N–H and O–H groups in total. The van der Waals surface area contributed by atoms with Crippen LogP contribution in [0, 0.1) is 0 Å². The minimum absolute atomic E-state index is 0.283. The molecular weight excluding hydrogens is 242 g/mol. The van der Waals surface area contributed by atoms with E-state index in [0.717, 1.165) is 18.2 Å². The molecule has 100 valence electrons. The molecule has 0 aliphatic rings. The van der Waals surface area contributed by atoms with Crippen LogP contribution in [0.15, 0.2) is 30.3 Å². The van der Waals surface area contributed by atoms with Crippen LogP contribution in [0.4, 0.5) is 0 Å². The summed E-state index contributed by atoms with van der Waals surface area (Å²) < 4.78 is 0. The third-order valence-electron chi connectivity index (χ3n) is 3.02. The Morgan fingerprint density at radius 3 is 2.39 bits per heavy atom. The van der Waals surface area contributed by atoms with Crippen molar-refractivity contribution in [3.63, 3.8) is 0 Å². The molecule has 0 radical (unpaired) electrons. The molecule has 0 spiro atoms. The van der Waals surface area contributed by atoms with E-state index >= 15 is 0 Å². The molecule has 4 heteroatoms. The predicted octanol–water partition coefficient (Wildman–Crippen LogP) is 2.12. The van der Waals surface area contributed by atoms with Gasteiger partial charge >= 0.3 is 0 Å². The first-order valence-electron chi connectivity index (χ1n) is 6.22. The highest BCUT2D eigenvalue weighted by Gasteiger charge is 2.13. The number of likely N-dealkylation sites (N-methyl/N-ethyl adjacent to an activating group) is 1. The van der Waals surface area contributed by atoms with Gasteiger partial charge in [0, 0.05) is 20.1 Å². The topological polar surface area (TPSA) is 18.5 Å². The van der Waals surface area contributed by atoms with Gasteiger partial charge in [-0.1, -0.05) is 30.3 Å². The molecule has 0 bridgehead atoms. The molecule has 0 saturated carbocycles. The van der Waals surface area contributed by atoms with E-state index < -0.39 is 0 Å². The minimum atomic E-state index is 0.283. The van der Waals surface area contributed by atoms with E-state index in [1.54, 1.807) is 0 Å². The van der Waals surface area contributed by atoms with Gasteiger partial charge in [0.1, 0.15) is 0 Å². The number of hydrogen-bond acceptors (Lipinski definition) is 2. The second-order valence-corrected chi connectivity index (χ2v) is 5.12. The maximum atomic E-state index is 5.40. The van der Waals surface area contributed by atoms with E-state index in [-0.39, 0.29) is 6.04 Å². The first-order valence-corrected chi connectivity index (χ1v) is 6.63. The molecule has 18 heavy (non-hydrogen) atoms. The number of hydrogen-bond donors (Lipinski definition) is 1. The van der Waals surface area contributed by atoms with Crippen molar-refractivity contribution < 1.29 is 0 Å². The number of nitrogens with zero attached hydrogens (tertiary/aromatic N) is 2. The second-order valence-electron chi connectivity index (χ2n) is 4.73. The van der Waals surface area contributed by atoms with Crippen LogP contribution in [0.3, 0.4) is 0 Å². The van der Waals surface area contributed by atoms with Crippen molar-refractivity contribution in [1.29, 1.82) is 0 Å². The van der Waals surface area contributed by atoms with Gasteiger partial charge in [-0.2, -0.15) is 0 Å². The lowest BCUT2D eigenvalue weighted by Gasteiger charge is -2.28. The molecule has 1 rings (SSSR count). The summed E-state index contributed by atoms with van der Waals surface area (Å²) in [5.74, 6) is 0. The van der Waals surface area contributed by atoms with Crippen molar-refractivity contribution >= 4 is 17.3 Å². The lowest BCUT2D eigenvalue weighted by Crippen LogP contribution is -2.41. The molecule has 0 unspecified atom stereocenters. The van der Waals surface area contributed by atoms with E-state index in [1.807, 2.05) is 13.1 Å². The van der Waals surface area contributed by atoms with Gasteiger partial charge in [0.2, 0.25) is 0 Å². The highest BCUT2D eigenvalue weighted by Crippen LogP contribution is 2.17. The summed E-state index contributed by atoms with van der Waals surface area (Å²) in [7, 11) is 6.14. The highest BCUT2D eigenvalue weighted by molar-refractivity contribution is 7.80. The molecule has 0 fully saturated rings. The van der Waals surface area contributed by atoms with Gasteiger partial charge in [-0.3, -0.25) is 0 Å². The summed E-state index contributed by atoms with van der Waals surface area (Å²) in [6, 6.07) is 10.7. The van der Waals surface area contributed by atoms with Crippen molar-refractivity contribution in [3.8, 4) is 0 Å². The van der Waals surface area contributed by atoms with Gasteiger partial charge in [-0.25, -0.2) is 0 Å². The van der Waals surface area contributed by atoms with Crippen molar-refractivity contribution in [1.82, 2.24) is 15.1 Å². The zero-order valence-electron chi connectivity index (χ0n) is 11.7. The van der Waals surface area contributed by atoms with Crippen LogP contribution < -0.4 is 5.32 Å². The summed E-state index contributed by atoms with van der Waals surface area (Å²) >= 11 is 5.40. The molecule has 1 aromatic carbocycles. The SMILES string of the molecule is C[C@H](c1ccccc1)N(C)C(=S)NCCN(C)C. The van der Waals surface area contributed by atoms with Crippen molar-refractivity contribution in [3.05, 3.63) is 35.9 Å². The quantitative estimate of drug-likeness (QED) is 0.822. The van der Waals surface area contributed by atoms with E-state index in [4.69, 9.17) is 12.2 Å². The van der Waals surface area contributed by atoms with Gasteiger partial charge in [-0.15, -0.1) is 0 Å². The van der Waals surface area contributed by atoms with E-state index in [9.17, 15) is 0 Å². The van der Waals surface area contributed by atoms with Gasteiger partial charge in [-0.05, 0) is 38.8 Å². The van der Waals surface area contributed by atoms with E-state index in [0.29, 0.717) is 0 Å². The molecular formula is C14H23N3S. The van der Waals surface area contributed by atoms with Crippen LogP contribution in [-0.2, 0) is 0 Å². The standard InChI is InChI=1S/C14H23N3S/c1-12(13-8-6-5-7-9-13)17(4)14(18)15-10-11-16(2)3/h5-9,12H,10-11H2,1-4H3,(H,15,18)/t12-/m1/s1. The minimum Gasteiger partial charge on any atom is -0.361 e. The smallest absolute Gasteiger partial charge is 0.169 e. The third-order valence-corrected chi connectivity index (χ3v) is 3.45. The summed E-state index contributed by atoms with van der Waals surface area (Å²) in [4.78, 5) is 4.23. The molecule has 0 amide bonds. The Hall–Kier alpha value is -1.13. The molecule has 0 aliphatic carbocycles. The van der Waals surface area contributed by atoms with Gasteiger partial charge in [0.25, 0.3) is 0 Å². The summed E-state index contributed by atoms with van der Waals surface area (Å²) in [5.41, 5.74) is 1.27. The predicted molar refractivity (Wildman–Crippen MR) is 81.8 cm³/mol. The van der Waals surface area contributed by atoms with Crippen molar-refractivity contribution in [2.24, 2.45) is 0 Å². The normalized spacial score (nSPS) is 12.3. The van der Waals surface area contributed by atoms with Crippen molar-refractivity contribution in [2.45, 2.75) is 13.0 Å². The largest absolute Gasteiger partial charge is 0.361 e. The second kappa shape index (κ2) is 7.34. The molecule has 0 aliphatic heterocycles. The third kappa shape index (κ3) is 4.63.